The normalized spacial score (nSPS) is 12.4. The summed E-state index contributed by atoms with van der Waals surface area (Å²) in [6, 6.07) is 9.16. The molecule has 0 saturated heterocycles. The Morgan fingerprint density at radius 1 is 1.05 bits per heavy atom. The molecule has 0 spiro atoms. The second kappa shape index (κ2) is 6.78. The van der Waals surface area contributed by atoms with Gasteiger partial charge in [0.05, 0.1) is 10.5 Å². The maximum absolute atomic E-state index is 13.5. The number of nitrogens with one attached hydrogen (secondary N) is 1. The van der Waals surface area contributed by atoms with Gasteiger partial charge in [0, 0.05) is 4.47 Å². The van der Waals surface area contributed by atoms with Crippen molar-refractivity contribution < 1.29 is 8.78 Å². The molecule has 1 nitrogen and oxygen atoms in total. The maximum Gasteiger partial charge on any atom is 0.137 e. The molecule has 20 heavy (non-hydrogen) atoms. The van der Waals surface area contributed by atoms with Crippen molar-refractivity contribution in [2.45, 2.75) is 13.0 Å². The number of halogens is 4. The minimum Gasteiger partial charge on any atom is -0.306 e. The van der Waals surface area contributed by atoms with Crippen LogP contribution in [0.1, 0.15) is 24.1 Å². The highest BCUT2D eigenvalue weighted by Crippen LogP contribution is 2.31. The van der Waals surface area contributed by atoms with Crippen molar-refractivity contribution in [3.63, 3.8) is 0 Å². The maximum atomic E-state index is 13.5. The first-order valence-corrected chi connectivity index (χ1v) is 7.74. The molecule has 2 rings (SSSR count). The molecule has 1 unspecified atom stereocenters. The van der Waals surface area contributed by atoms with Crippen LogP contribution < -0.4 is 5.32 Å². The number of hydrogen-bond donors (Lipinski definition) is 1. The minimum atomic E-state index is -0.317. The average molecular weight is 405 g/mol. The molecule has 0 aliphatic heterocycles. The van der Waals surface area contributed by atoms with Crippen LogP contribution in [0.15, 0.2) is 45.3 Å². The van der Waals surface area contributed by atoms with Gasteiger partial charge in [-0.1, -0.05) is 28.9 Å². The van der Waals surface area contributed by atoms with Gasteiger partial charge in [-0.15, -0.1) is 0 Å². The van der Waals surface area contributed by atoms with E-state index in [2.05, 4.69) is 37.2 Å². The predicted octanol–water partition coefficient (Wildman–Crippen LogP) is 5.19. The van der Waals surface area contributed by atoms with Crippen molar-refractivity contribution in [2.24, 2.45) is 0 Å². The summed E-state index contributed by atoms with van der Waals surface area (Å²) < 4.78 is 28.1. The van der Waals surface area contributed by atoms with Crippen LogP contribution in [0.2, 0.25) is 0 Å². The highest BCUT2D eigenvalue weighted by molar-refractivity contribution is 9.10. The van der Waals surface area contributed by atoms with Crippen LogP contribution in [0.25, 0.3) is 0 Å². The van der Waals surface area contributed by atoms with E-state index < -0.39 is 0 Å². The summed E-state index contributed by atoms with van der Waals surface area (Å²) in [5, 5.41) is 3.29. The molecule has 0 aromatic heterocycles. The number of rotatable bonds is 4. The van der Waals surface area contributed by atoms with Crippen molar-refractivity contribution in [2.75, 3.05) is 6.54 Å². The van der Waals surface area contributed by atoms with Crippen LogP contribution >= 0.6 is 31.9 Å². The van der Waals surface area contributed by atoms with E-state index in [0.29, 0.717) is 11.0 Å². The molecular weight excluding hydrogens is 392 g/mol. The van der Waals surface area contributed by atoms with Crippen LogP contribution in [-0.2, 0) is 0 Å². The minimum absolute atomic E-state index is 0.207. The standard InChI is InChI=1S/C15H13Br2F2N/c1-2-20-15(9-3-6-14(19)13(17)7-9)11-8-10(18)4-5-12(11)16/h3-8,15,20H,2H2,1H3. The Kier molecular flexibility index (Phi) is 5.29. The van der Waals surface area contributed by atoms with E-state index in [0.717, 1.165) is 15.6 Å². The molecule has 0 radical (unpaired) electrons. The fraction of sp³-hybridized carbons (Fsp3) is 0.200. The Hall–Kier alpha value is -0.780. The largest absolute Gasteiger partial charge is 0.306 e. The van der Waals surface area contributed by atoms with E-state index >= 15 is 0 Å². The summed E-state index contributed by atoms with van der Waals surface area (Å²) >= 11 is 6.62. The van der Waals surface area contributed by atoms with Crippen molar-refractivity contribution in [1.82, 2.24) is 5.32 Å². The fourth-order valence-electron chi connectivity index (χ4n) is 2.04. The van der Waals surface area contributed by atoms with Gasteiger partial charge in [0.15, 0.2) is 0 Å². The van der Waals surface area contributed by atoms with Gasteiger partial charge in [0.1, 0.15) is 11.6 Å². The Morgan fingerprint density at radius 3 is 2.45 bits per heavy atom. The molecule has 0 amide bonds. The van der Waals surface area contributed by atoms with Gasteiger partial charge in [-0.25, -0.2) is 8.78 Å². The molecule has 0 aliphatic rings. The zero-order valence-corrected chi connectivity index (χ0v) is 13.9. The van der Waals surface area contributed by atoms with Gasteiger partial charge in [-0.2, -0.15) is 0 Å². The number of hydrogen-bond acceptors (Lipinski definition) is 1. The molecule has 0 aliphatic carbocycles. The predicted molar refractivity (Wildman–Crippen MR) is 83.7 cm³/mol. The average Bonchev–Trinajstić information content (AvgIpc) is 2.42. The van der Waals surface area contributed by atoms with Crippen molar-refractivity contribution in [1.29, 1.82) is 0 Å². The molecule has 0 fully saturated rings. The molecule has 2 aromatic carbocycles. The summed E-state index contributed by atoms with van der Waals surface area (Å²) in [7, 11) is 0. The Bertz CT molecular complexity index is 617. The Morgan fingerprint density at radius 2 is 1.80 bits per heavy atom. The lowest BCUT2D eigenvalue weighted by molar-refractivity contribution is 0.595. The van der Waals surface area contributed by atoms with E-state index in [1.807, 2.05) is 6.92 Å². The van der Waals surface area contributed by atoms with E-state index in [9.17, 15) is 8.78 Å². The molecule has 106 valence electrons. The molecule has 0 saturated carbocycles. The molecular formula is C15H13Br2F2N. The SMILES string of the molecule is CCNC(c1ccc(F)c(Br)c1)c1cc(F)ccc1Br. The summed E-state index contributed by atoms with van der Waals surface area (Å²) in [6.45, 7) is 2.68. The highest BCUT2D eigenvalue weighted by Gasteiger charge is 2.17. The zero-order chi connectivity index (χ0) is 14.7. The molecule has 1 N–H and O–H groups in total. The third-order valence-electron chi connectivity index (χ3n) is 2.95. The van der Waals surface area contributed by atoms with E-state index in [-0.39, 0.29) is 17.7 Å². The van der Waals surface area contributed by atoms with Gasteiger partial charge in [-0.05, 0) is 63.9 Å². The quantitative estimate of drug-likeness (QED) is 0.739. The van der Waals surface area contributed by atoms with Gasteiger partial charge < -0.3 is 5.32 Å². The van der Waals surface area contributed by atoms with Crippen LogP contribution in [-0.4, -0.2) is 6.54 Å². The van der Waals surface area contributed by atoms with E-state index in [1.165, 1.54) is 18.2 Å². The van der Waals surface area contributed by atoms with E-state index in [4.69, 9.17) is 0 Å². The smallest absolute Gasteiger partial charge is 0.137 e. The monoisotopic (exact) mass is 403 g/mol. The summed E-state index contributed by atoms with van der Waals surface area (Å²) in [4.78, 5) is 0. The lowest BCUT2D eigenvalue weighted by Gasteiger charge is -2.21. The first-order chi connectivity index (χ1) is 9.52. The van der Waals surface area contributed by atoms with Gasteiger partial charge in [0.2, 0.25) is 0 Å². The third kappa shape index (κ3) is 3.45. The molecule has 5 heteroatoms. The van der Waals surface area contributed by atoms with Gasteiger partial charge in [0.25, 0.3) is 0 Å². The van der Waals surface area contributed by atoms with Gasteiger partial charge >= 0.3 is 0 Å². The highest BCUT2D eigenvalue weighted by atomic mass is 79.9. The molecule has 1 atom stereocenters. The zero-order valence-electron chi connectivity index (χ0n) is 10.8. The van der Waals surface area contributed by atoms with Crippen LogP contribution in [0, 0.1) is 11.6 Å². The first kappa shape index (κ1) is 15.6. The number of benzene rings is 2. The second-order valence-electron chi connectivity index (χ2n) is 4.33. The second-order valence-corrected chi connectivity index (χ2v) is 6.04. The topological polar surface area (TPSA) is 12.0 Å². The van der Waals surface area contributed by atoms with Crippen LogP contribution in [0.5, 0.6) is 0 Å². The van der Waals surface area contributed by atoms with Crippen molar-refractivity contribution >= 4 is 31.9 Å². The Balaban J connectivity index is 2.49. The molecule has 2 aromatic rings. The van der Waals surface area contributed by atoms with E-state index in [1.54, 1.807) is 18.2 Å². The lowest BCUT2D eigenvalue weighted by Crippen LogP contribution is -2.22. The van der Waals surface area contributed by atoms with Crippen molar-refractivity contribution in [3.05, 3.63) is 68.1 Å². The van der Waals surface area contributed by atoms with Crippen LogP contribution in [0.4, 0.5) is 8.78 Å². The summed E-state index contributed by atoms with van der Waals surface area (Å²) in [5.41, 5.74) is 1.65. The fourth-order valence-corrected chi connectivity index (χ4v) is 2.91. The lowest BCUT2D eigenvalue weighted by atomic mass is 9.98. The van der Waals surface area contributed by atoms with Crippen LogP contribution in [0.3, 0.4) is 0 Å². The van der Waals surface area contributed by atoms with Gasteiger partial charge in [-0.3, -0.25) is 0 Å². The third-order valence-corrected chi connectivity index (χ3v) is 4.28. The first-order valence-electron chi connectivity index (χ1n) is 6.16. The molecule has 0 heterocycles. The summed E-state index contributed by atoms with van der Waals surface area (Å²) in [6.07, 6.45) is 0. The summed E-state index contributed by atoms with van der Waals surface area (Å²) in [5.74, 6) is -0.616. The van der Waals surface area contributed by atoms with Crippen molar-refractivity contribution in [3.8, 4) is 0 Å². The Labute approximate surface area is 133 Å². The molecule has 0 bridgehead atoms.